The first-order valence-electron chi connectivity index (χ1n) is 9.05. The second-order valence-electron chi connectivity index (χ2n) is 7.12. The lowest BCUT2D eigenvalue weighted by Crippen LogP contribution is -2.49. The highest BCUT2D eigenvalue weighted by molar-refractivity contribution is 5.96. The molecule has 1 aromatic carbocycles. The van der Waals surface area contributed by atoms with Crippen molar-refractivity contribution >= 4 is 17.6 Å². The van der Waals surface area contributed by atoms with Crippen LogP contribution in [0.2, 0.25) is 0 Å². The van der Waals surface area contributed by atoms with E-state index in [1.807, 2.05) is 37.8 Å². The summed E-state index contributed by atoms with van der Waals surface area (Å²) in [4.78, 5) is 28.7. The van der Waals surface area contributed by atoms with E-state index in [0.29, 0.717) is 18.7 Å². The predicted octanol–water partition coefficient (Wildman–Crippen LogP) is 2.87. The molecule has 0 bridgehead atoms. The maximum atomic E-state index is 12.5. The van der Waals surface area contributed by atoms with Crippen molar-refractivity contribution in [3.63, 3.8) is 0 Å². The Hall–Kier alpha value is -2.08. The number of urea groups is 1. The van der Waals surface area contributed by atoms with Gasteiger partial charge in [0.25, 0.3) is 5.91 Å². The molecule has 2 saturated heterocycles. The smallest absolute Gasteiger partial charge is 0.322 e. The molecule has 6 nitrogen and oxygen atoms in total. The molecule has 0 aliphatic carbocycles. The number of nitrogens with zero attached hydrogens (tertiary/aromatic N) is 2. The van der Waals surface area contributed by atoms with E-state index in [1.165, 1.54) is 0 Å². The number of likely N-dealkylation sites (tertiary alicyclic amines) is 1. The van der Waals surface area contributed by atoms with Crippen LogP contribution >= 0.6 is 0 Å². The van der Waals surface area contributed by atoms with Gasteiger partial charge in [0.1, 0.15) is 0 Å². The van der Waals surface area contributed by atoms with Crippen LogP contribution in [0.4, 0.5) is 10.5 Å². The molecule has 3 amide bonds. The molecule has 0 radical (unpaired) electrons. The van der Waals surface area contributed by atoms with Crippen molar-refractivity contribution in [2.75, 3.05) is 31.5 Å². The van der Waals surface area contributed by atoms with Crippen molar-refractivity contribution in [2.45, 2.75) is 45.8 Å². The van der Waals surface area contributed by atoms with Gasteiger partial charge in [0.2, 0.25) is 0 Å². The molecule has 2 atom stereocenters. The third-order valence-corrected chi connectivity index (χ3v) is 4.82. The maximum absolute atomic E-state index is 12.5. The van der Waals surface area contributed by atoms with Gasteiger partial charge in [-0.1, -0.05) is 0 Å². The molecule has 136 valence electrons. The van der Waals surface area contributed by atoms with Crippen molar-refractivity contribution in [3.05, 3.63) is 29.3 Å². The summed E-state index contributed by atoms with van der Waals surface area (Å²) in [6.45, 7) is 8.70. The lowest BCUT2D eigenvalue weighted by atomic mass is 10.1. The van der Waals surface area contributed by atoms with Gasteiger partial charge in [-0.05, 0) is 57.4 Å². The summed E-state index contributed by atoms with van der Waals surface area (Å²) < 4.78 is 5.67. The SMILES string of the molecule is Cc1cc(C(=O)N2CCCC2)ccc1NC(=O)N1C[C@@H](C)O[C@H](C)C1. The number of amides is 3. The lowest BCUT2D eigenvalue weighted by Gasteiger charge is -2.35. The minimum absolute atomic E-state index is 0.0380. The third kappa shape index (κ3) is 4.12. The summed E-state index contributed by atoms with van der Waals surface area (Å²) in [6, 6.07) is 5.36. The van der Waals surface area contributed by atoms with Crippen LogP contribution in [-0.4, -0.2) is 60.1 Å². The molecule has 3 rings (SSSR count). The van der Waals surface area contributed by atoms with Crippen LogP contribution in [-0.2, 0) is 4.74 Å². The average Bonchev–Trinajstić information content (AvgIpc) is 3.09. The predicted molar refractivity (Wildman–Crippen MR) is 96.9 cm³/mol. The summed E-state index contributed by atoms with van der Waals surface area (Å²) >= 11 is 0. The van der Waals surface area contributed by atoms with Crippen molar-refractivity contribution in [1.29, 1.82) is 0 Å². The second-order valence-corrected chi connectivity index (χ2v) is 7.12. The van der Waals surface area contributed by atoms with Gasteiger partial charge in [-0.2, -0.15) is 0 Å². The maximum Gasteiger partial charge on any atom is 0.322 e. The van der Waals surface area contributed by atoms with Gasteiger partial charge in [-0.3, -0.25) is 4.79 Å². The van der Waals surface area contributed by atoms with Crippen LogP contribution in [0.25, 0.3) is 0 Å². The Morgan fingerprint density at radius 3 is 2.32 bits per heavy atom. The molecule has 0 aromatic heterocycles. The lowest BCUT2D eigenvalue weighted by molar-refractivity contribution is -0.0530. The molecule has 1 aromatic rings. The Bertz CT molecular complexity index is 645. The first-order valence-corrected chi connectivity index (χ1v) is 9.05. The minimum Gasteiger partial charge on any atom is -0.372 e. The van der Waals surface area contributed by atoms with Crippen molar-refractivity contribution < 1.29 is 14.3 Å². The summed E-state index contributed by atoms with van der Waals surface area (Å²) in [5, 5.41) is 2.96. The second kappa shape index (κ2) is 7.44. The van der Waals surface area contributed by atoms with Crippen LogP contribution in [0, 0.1) is 6.92 Å². The topological polar surface area (TPSA) is 61.9 Å². The summed E-state index contributed by atoms with van der Waals surface area (Å²) in [6.07, 6.45) is 2.23. The van der Waals surface area contributed by atoms with Crippen LogP contribution in [0.5, 0.6) is 0 Å². The molecule has 6 heteroatoms. The Morgan fingerprint density at radius 1 is 1.08 bits per heavy atom. The molecule has 0 saturated carbocycles. The fourth-order valence-electron chi connectivity index (χ4n) is 3.58. The molecular weight excluding hydrogens is 318 g/mol. The average molecular weight is 345 g/mol. The monoisotopic (exact) mass is 345 g/mol. The Balaban J connectivity index is 1.66. The number of anilines is 1. The molecule has 2 aliphatic rings. The molecular formula is C19H27N3O3. The number of aryl methyl sites for hydroxylation is 1. The molecule has 1 N–H and O–H groups in total. The number of carbonyl (C=O) groups excluding carboxylic acids is 2. The van der Waals surface area contributed by atoms with Crippen LogP contribution in [0.15, 0.2) is 18.2 Å². The number of hydrogen-bond acceptors (Lipinski definition) is 3. The highest BCUT2D eigenvalue weighted by Gasteiger charge is 2.26. The molecule has 2 heterocycles. The number of hydrogen-bond donors (Lipinski definition) is 1. The highest BCUT2D eigenvalue weighted by atomic mass is 16.5. The van der Waals surface area contributed by atoms with Crippen LogP contribution in [0.1, 0.15) is 42.6 Å². The summed E-state index contributed by atoms with van der Waals surface area (Å²) in [5.41, 5.74) is 2.33. The van der Waals surface area contributed by atoms with Crippen LogP contribution < -0.4 is 5.32 Å². The van der Waals surface area contributed by atoms with E-state index in [4.69, 9.17) is 4.74 Å². The van der Waals surface area contributed by atoms with Gasteiger partial charge < -0.3 is 19.9 Å². The zero-order chi connectivity index (χ0) is 18.0. The molecule has 25 heavy (non-hydrogen) atoms. The van der Waals surface area contributed by atoms with E-state index in [2.05, 4.69) is 5.32 Å². The zero-order valence-corrected chi connectivity index (χ0v) is 15.2. The van der Waals surface area contributed by atoms with E-state index in [9.17, 15) is 9.59 Å². The van der Waals surface area contributed by atoms with Crippen molar-refractivity contribution in [2.24, 2.45) is 0 Å². The first-order chi connectivity index (χ1) is 11.9. The van der Waals surface area contributed by atoms with Gasteiger partial charge in [-0.15, -0.1) is 0 Å². The molecule has 2 fully saturated rings. The van der Waals surface area contributed by atoms with Gasteiger partial charge in [0.15, 0.2) is 0 Å². The van der Waals surface area contributed by atoms with Crippen molar-refractivity contribution in [3.8, 4) is 0 Å². The Kier molecular flexibility index (Phi) is 5.27. The largest absolute Gasteiger partial charge is 0.372 e. The van der Waals surface area contributed by atoms with Gasteiger partial charge in [0.05, 0.1) is 12.2 Å². The van der Waals surface area contributed by atoms with Gasteiger partial charge in [-0.25, -0.2) is 4.79 Å². The highest BCUT2D eigenvalue weighted by Crippen LogP contribution is 2.21. The van der Waals surface area contributed by atoms with Gasteiger partial charge in [0, 0.05) is 37.4 Å². The van der Waals surface area contributed by atoms with E-state index in [1.54, 1.807) is 11.0 Å². The summed E-state index contributed by atoms with van der Waals surface area (Å²) in [5.74, 6) is 0.0781. The number of nitrogens with one attached hydrogen (secondary N) is 1. The van der Waals surface area contributed by atoms with E-state index in [-0.39, 0.29) is 24.1 Å². The standard InChI is InChI=1S/C19H27N3O3/c1-13-10-16(18(23)21-8-4-5-9-21)6-7-17(13)20-19(24)22-11-14(2)25-15(3)12-22/h6-7,10,14-15H,4-5,8-9,11-12H2,1-3H3,(H,20,24)/t14-,15-/m1/s1. The minimum atomic E-state index is -0.122. The fourth-order valence-corrected chi connectivity index (χ4v) is 3.58. The van der Waals surface area contributed by atoms with E-state index < -0.39 is 0 Å². The number of benzene rings is 1. The molecule has 0 spiro atoms. The Labute approximate surface area is 149 Å². The Morgan fingerprint density at radius 2 is 1.72 bits per heavy atom. The quantitative estimate of drug-likeness (QED) is 0.896. The summed E-state index contributed by atoms with van der Waals surface area (Å²) in [7, 11) is 0. The molecule has 0 unspecified atom stereocenters. The number of ether oxygens (including phenoxy) is 1. The first kappa shape index (κ1) is 17.7. The normalized spacial score (nSPS) is 23.6. The van der Waals surface area contributed by atoms with Crippen molar-refractivity contribution in [1.82, 2.24) is 9.80 Å². The van der Waals surface area contributed by atoms with Crippen LogP contribution in [0.3, 0.4) is 0 Å². The fraction of sp³-hybridized carbons (Fsp3) is 0.579. The number of carbonyl (C=O) groups is 2. The van der Waals surface area contributed by atoms with Gasteiger partial charge >= 0.3 is 6.03 Å². The third-order valence-electron chi connectivity index (χ3n) is 4.82. The molecule has 2 aliphatic heterocycles. The van der Waals surface area contributed by atoms with E-state index >= 15 is 0 Å². The van der Waals surface area contributed by atoms with E-state index in [0.717, 1.165) is 37.2 Å². The number of rotatable bonds is 2. The zero-order valence-electron chi connectivity index (χ0n) is 15.2. The number of morpholine rings is 1.